The average Bonchev–Trinajstić information content (AvgIpc) is 2.87. The first-order valence-electron chi connectivity index (χ1n) is 5.79. The lowest BCUT2D eigenvalue weighted by atomic mass is 10.1. The second kappa shape index (κ2) is 3.55. The fourth-order valence-corrected chi connectivity index (χ4v) is 2.30. The quantitative estimate of drug-likeness (QED) is 0.794. The zero-order valence-corrected chi connectivity index (χ0v) is 10.3. The number of nitrogens with one attached hydrogen (secondary N) is 1. The van der Waals surface area contributed by atoms with Crippen LogP contribution in [0.5, 0.6) is 0 Å². The molecule has 0 aromatic carbocycles. The Bertz CT molecular complexity index is 623. The summed E-state index contributed by atoms with van der Waals surface area (Å²) < 4.78 is 1.89. The summed E-state index contributed by atoms with van der Waals surface area (Å²) in [6.45, 7) is 7.79. The zero-order chi connectivity index (χ0) is 12.0. The molecule has 88 valence electrons. The largest absolute Gasteiger partial charge is 0.368 e. The lowest BCUT2D eigenvalue weighted by Crippen LogP contribution is -2.21. The standard InChI is InChI=1S/C12H15N5/c1-7-6-8(2)17-12(15-9(3)16-17)10(7)11-13-4-5-14-11/h6H,4-5H2,1-3H3,(H,13,14). The zero-order valence-electron chi connectivity index (χ0n) is 10.3. The molecule has 0 unspecified atom stereocenters. The highest BCUT2D eigenvalue weighted by Crippen LogP contribution is 2.18. The Balaban J connectivity index is 2.35. The van der Waals surface area contributed by atoms with Gasteiger partial charge in [-0.25, -0.2) is 9.50 Å². The smallest absolute Gasteiger partial charge is 0.167 e. The summed E-state index contributed by atoms with van der Waals surface area (Å²) in [5.41, 5.74) is 4.26. The Labute approximate surface area is 99.6 Å². The number of amidine groups is 1. The van der Waals surface area contributed by atoms with Crippen molar-refractivity contribution in [2.75, 3.05) is 13.1 Å². The molecule has 1 aliphatic rings. The van der Waals surface area contributed by atoms with E-state index in [1.807, 2.05) is 18.4 Å². The van der Waals surface area contributed by atoms with Crippen molar-refractivity contribution in [3.8, 4) is 0 Å². The number of aromatic nitrogens is 3. The molecule has 0 atom stereocenters. The second-order valence-electron chi connectivity index (χ2n) is 4.40. The molecule has 2 aromatic rings. The van der Waals surface area contributed by atoms with Crippen LogP contribution in [0.1, 0.15) is 22.6 Å². The van der Waals surface area contributed by atoms with Crippen molar-refractivity contribution < 1.29 is 0 Å². The van der Waals surface area contributed by atoms with Crippen LogP contribution in [0, 0.1) is 20.8 Å². The fraction of sp³-hybridized carbons (Fsp3) is 0.417. The van der Waals surface area contributed by atoms with Gasteiger partial charge in [-0.1, -0.05) is 0 Å². The monoisotopic (exact) mass is 229 g/mol. The van der Waals surface area contributed by atoms with Crippen molar-refractivity contribution in [1.82, 2.24) is 19.9 Å². The van der Waals surface area contributed by atoms with E-state index in [9.17, 15) is 0 Å². The van der Waals surface area contributed by atoms with Crippen molar-refractivity contribution in [3.63, 3.8) is 0 Å². The molecule has 0 saturated heterocycles. The molecule has 1 aliphatic heterocycles. The Kier molecular flexibility index (Phi) is 2.14. The molecule has 0 bridgehead atoms. The maximum absolute atomic E-state index is 4.51. The van der Waals surface area contributed by atoms with Crippen LogP contribution in [0.15, 0.2) is 11.1 Å². The van der Waals surface area contributed by atoms with Crippen LogP contribution in [0.25, 0.3) is 5.65 Å². The SMILES string of the molecule is Cc1nc2c(C3=NCCN3)c(C)cc(C)n2n1. The van der Waals surface area contributed by atoms with Crippen LogP contribution >= 0.6 is 0 Å². The third kappa shape index (κ3) is 1.50. The van der Waals surface area contributed by atoms with E-state index < -0.39 is 0 Å². The first-order chi connectivity index (χ1) is 8.16. The summed E-state index contributed by atoms with van der Waals surface area (Å²) in [5.74, 6) is 1.73. The van der Waals surface area contributed by atoms with Crippen LogP contribution in [-0.2, 0) is 0 Å². The molecule has 0 saturated carbocycles. The summed E-state index contributed by atoms with van der Waals surface area (Å²) >= 11 is 0. The van der Waals surface area contributed by atoms with Gasteiger partial charge in [0.25, 0.3) is 0 Å². The van der Waals surface area contributed by atoms with Gasteiger partial charge in [-0.15, -0.1) is 0 Å². The molecule has 5 heteroatoms. The summed E-state index contributed by atoms with van der Waals surface area (Å²) in [6.07, 6.45) is 0. The number of fused-ring (bicyclic) bond motifs is 1. The molecular formula is C12H15N5. The molecular weight excluding hydrogens is 214 g/mol. The van der Waals surface area contributed by atoms with E-state index in [4.69, 9.17) is 0 Å². The molecule has 0 amide bonds. The number of hydrogen-bond acceptors (Lipinski definition) is 4. The van der Waals surface area contributed by atoms with Crippen LogP contribution in [0.3, 0.4) is 0 Å². The number of aryl methyl sites for hydroxylation is 3. The van der Waals surface area contributed by atoms with Crippen molar-refractivity contribution in [2.45, 2.75) is 20.8 Å². The van der Waals surface area contributed by atoms with Gasteiger partial charge in [0, 0.05) is 12.2 Å². The molecule has 5 nitrogen and oxygen atoms in total. The maximum Gasteiger partial charge on any atom is 0.167 e. The van der Waals surface area contributed by atoms with Crippen molar-refractivity contribution in [3.05, 3.63) is 28.7 Å². The first-order valence-corrected chi connectivity index (χ1v) is 5.79. The van der Waals surface area contributed by atoms with E-state index in [1.165, 1.54) is 5.56 Å². The molecule has 0 radical (unpaired) electrons. The minimum atomic E-state index is 0.790. The predicted molar refractivity (Wildman–Crippen MR) is 66.6 cm³/mol. The maximum atomic E-state index is 4.51. The van der Waals surface area contributed by atoms with Gasteiger partial charge in [-0.05, 0) is 32.4 Å². The summed E-state index contributed by atoms with van der Waals surface area (Å²) in [7, 11) is 0. The van der Waals surface area contributed by atoms with E-state index in [-0.39, 0.29) is 0 Å². The van der Waals surface area contributed by atoms with Gasteiger partial charge < -0.3 is 5.32 Å². The normalized spacial score (nSPS) is 15.1. The molecule has 3 rings (SSSR count). The third-order valence-corrected chi connectivity index (χ3v) is 3.00. The lowest BCUT2D eigenvalue weighted by Gasteiger charge is -2.09. The van der Waals surface area contributed by atoms with Gasteiger partial charge in [0.15, 0.2) is 5.65 Å². The lowest BCUT2D eigenvalue weighted by molar-refractivity contribution is 0.887. The number of hydrogen-bond donors (Lipinski definition) is 1. The molecule has 0 fully saturated rings. The predicted octanol–water partition coefficient (Wildman–Crippen LogP) is 1.00. The highest BCUT2D eigenvalue weighted by atomic mass is 15.3. The number of nitrogens with zero attached hydrogens (tertiary/aromatic N) is 4. The highest BCUT2D eigenvalue weighted by Gasteiger charge is 2.18. The van der Waals surface area contributed by atoms with Gasteiger partial charge in [0.05, 0.1) is 12.1 Å². The van der Waals surface area contributed by atoms with Crippen molar-refractivity contribution in [2.24, 2.45) is 4.99 Å². The number of aliphatic imine (C=N–C) groups is 1. The summed E-state index contributed by atoms with van der Waals surface area (Å²) in [4.78, 5) is 8.99. The average molecular weight is 229 g/mol. The molecule has 2 aromatic heterocycles. The van der Waals surface area contributed by atoms with E-state index in [0.717, 1.165) is 41.7 Å². The van der Waals surface area contributed by atoms with E-state index >= 15 is 0 Å². The van der Waals surface area contributed by atoms with E-state index in [2.05, 4.69) is 33.4 Å². The Morgan fingerprint density at radius 1 is 1.29 bits per heavy atom. The Hall–Kier alpha value is -1.91. The minimum absolute atomic E-state index is 0.790. The number of pyridine rings is 1. The Morgan fingerprint density at radius 3 is 2.82 bits per heavy atom. The topological polar surface area (TPSA) is 54.6 Å². The third-order valence-electron chi connectivity index (χ3n) is 3.00. The summed E-state index contributed by atoms with van der Waals surface area (Å²) in [5, 5.41) is 7.71. The molecule has 1 N–H and O–H groups in total. The number of rotatable bonds is 1. The van der Waals surface area contributed by atoms with Crippen molar-refractivity contribution in [1.29, 1.82) is 0 Å². The van der Waals surface area contributed by atoms with Gasteiger partial charge in [-0.3, -0.25) is 4.99 Å². The minimum Gasteiger partial charge on any atom is -0.368 e. The van der Waals surface area contributed by atoms with Gasteiger partial charge >= 0.3 is 0 Å². The van der Waals surface area contributed by atoms with Crippen LogP contribution in [-0.4, -0.2) is 33.5 Å². The summed E-state index contributed by atoms with van der Waals surface area (Å²) in [6, 6.07) is 2.12. The van der Waals surface area contributed by atoms with Crippen LogP contribution in [0.4, 0.5) is 0 Å². The van der Waals surface area contributed by atoms with Crippen LogP contribution < -0.4 is 5.32 Å². The van der Waals surface area contributed by atoms with Crippen LogP contribution in [0.2, 0.25) is 0 Å². The Morgan fingerprint density at radius 2 is 2.12 bits per heavy atom. The van der Waals surface area contributed by atoms with Gasteiger partial charge in [0.2, 0.25) is 0 Å². The van der Waals surface area contributed by atoms with E-state index in [0.29, 0.717) is 0 Å². The molecule has 3 heterocycles. The molecule has 0 spiro atoms. The van der Waals surface area contributed by atoms with E-state index in [1.54, 1.807) is 0 Å². The highest BCUT2D eigenvalue weighted by molar-refractivity contribution is 6.05. The fourth-order valence-electron chi connectivity index (χ4n) is 2.30. The first kappa shape index (κ1) is 10.3. The van der Waals surface area contributed by atoms with Crippen molar-refractivity contribution >= 4 is 11.5 Å². The van der Waals surface area contributed by atoms with Gasteiger partial charge in [-0.2, -0.15) is 5.10 Å². The second-order valence-corrected chi connectivity index (χ2v) is 4.40. The molecule has 0 aliphatic carbocycles. The molecule has 17 heavy (non-hydrogen) atoms. The van der Waals surface area contributed by atoms with Gasteiger partial charge in [0.1, 0.15) is 11.7 Å².